The Kier molecular flexibility index (Phi) is 2.81. The molecule has 1 aliphatic rings. The molecule has 1 aromatic carbocycles. The van der Waals surface area contributed by atoms with Gasteiger partial charge in [-0.05, 0) is 43.0 Å². The number of hydrogen-bond donors (Lipinski definition) is 1. The molecule has 0 saturated heterocycles. The first-order valence-electron chi connectivity index (χ1n) is 6.19. The van der Waals surface area contributed by atoms with E-state index in [1.165, 1.54) is 12.1 Å². The summed E-state index contributed by atoms with van der Waals surface area (Å²) >= 11 is 0. The molecule has 0 fully saturated rings. The Labute approximate surface area is 109 Å². The van der Waals surface area contributed by atoms with Crippen molar-refractivity contribution in [1.29, 1.82) is 0 Å². The quantitative estimate of drug-likeness (QED) is 0.900. The summed E-state index contributed by atoms with van der Waals surface area (Å²) in [5.74, 6) is -1.41. The normalized spacial score (nSPS) is 18.1. The van der Waals surface area contributed by atoms with Crippen LogP contribution in [0.25, 0.3) is 5.69 Å². The number of aromatic nitrogens is 2. The molecule has 4 nitrogen and oxygen atoms in total. The zero-order chi connectivity index (χ0) is 13.4. The average Bonchev–Trinajstić information content (AvgIpc) is 2.81. The number of carboxylic acid groups (broad SMARTS) is 1. The Hall–Kier alpha value is -2.17. The molecule has 19 heavy (non-hydrogen) atoms. The van der Waals surface area contributed by atoms with Gasteiger partial charge in [-0.15, -0.1) is 0 Å². The summed E-state index contributed by atoms with van der Waals surface area (Å²) in [5, 5.41) is 13.5. The minimum atomic E-state index is -0.760. The summed E-state index contributed by atoms with van der Waals surface area (Å²) in [4.78, 5) is 11.0. The molecule has 2 aromatic rings. The van der Waals surface area contributed by atoms with Gasteiger partial charge in [0.15, 0.2) is 0 Å². The Balaban J connectivity index is 1.93. The summed E-state index contributed by atoms with van der Waals surface area (Å²) in [6.07, 6.45) is 3.58. The van der Waals surface area contributed by atoms with Crippen LogP contribution < -0.4 is 0 Å². The van der Waals surface area contributed by atoms with Gasteiger partial charge in [-0.25, -0.2) is 9.07 Å². The van der Waals surface area contributed by atoms with Gasteiger partial charge in [-0.2, -0.15) is 5.10 Å². The molecule has 1 atom stereocenters. The summed E-state index contributed by atoms with van der Waals surface area (Å²) in [7, 11) is 0. The first kappa shape index (κ1) is 11.9. The van der Waals surface area contributed by atoms with Crippen molar-refractivity contribution >= 4 is 5.97 Å². The third kappa shape index (κ3) is 2.23. The molecule has 0 spiro atoms. The number of fused-ring (bicyclic) bond motifs is 1. The summed E-state index contributed by atoms with van der Waals surface area (Å²) < 4.78 is 14.8. The molecule has 1 unspecified atom stereocenters. The molecule has 3 rings (SSSR count). The maximum absolute atomic E-state index is 13.2. The molecule has 1 aromatic heterocycles. The fourth-order valence-corrected chi connectivity index (χ4v) is 2.47. The van der Waals surface area contributed by atoms with Gasteiger partial charge in [0.1, 0.15) is 5.82 Å². The fraction of sp³-hybridized carbons (Fsp3) is 0.286. The van der Waals surface area contributed by atoms with Crippen molar-refractivity contribution in [2.75, 3.05) is 0 Å². The third-order valence-electron chi connectivity index (χ3n) is 3.50. The van der Waals surface area contributed by atoms with Crippen molar-refractivity contribution in [2.45, 2.75) is 19.3 Å². The van der Waals surface area contributed by atoms with E-state index in [2.05, 4.69) is 5.10 Å². The highest BCUT2D eigenvalue weighted by Gasteiger charge is 2.26. The van der Waals surface area contributed by atoms with Crippen LogP contribution in [-0.4, -0.2) is 20.9 Å². The maximum Gasteiger partial charge on any atom is 0.306 e. The van der Waals surface area contributed by atoms with E-state index in [0.29, 0.717) is 24.9 Å². The predicted molar refractivity (Wildman–Crippen MR) is 66.7 cm³/mol. The van der Waals surface area contributed by atoms with Crippen LogP contribution in [0.15, 0.2) is 30.5 Å². The zero-order valence-corrected chi connectivity index (χ0v) is 10.2. The maximum atomic E-state index is 13.2. The molecule has 1 aliphatic carbocycles. The average molecular weight is 260 g/mol. The number of aliphatic carboxylic acids is 1. The first-order chi connectivity index (χ1) is 9.13. The largest absolute Gasteiger partial charge is 0.481 e. The van der Waals surface area contributed by atoms with Gasteiger partial charge in [0.25, 0.3) is 0 Å². The Bertz CT molecular complexity index is 636. The zero-order valence-electron chi connectivity index (χ0n) is 10.2. The van der Waals surface area contributed by atoms with E-state index in [0.717, 1.165) is 11.3 Å². The van der Waals surface area contributed by atoms with E-state index in [1.54, 1.807) is 23.0 Å². The molecular weight excluding hydrogens is 247 g/mol. The number of nitrogens with zero attached hydrogens (tertiary/aromatic N) is 2. The highest BCUT2D eigenvalue weighted by molar-refractivity contribution is 5.70. The van der Waals surface area contributed by atoms with Gasteiger partial charge >= 0.3 is 5.97 Å². The van der Waals surface area contributed by atoms with Crippen LogP contribution in [0.2, 0.25) is 0 Å². The lowest BCUT2D eigenvalue weighted by molar-refractivity contribution is -0.142. The third-order valence-corrected chi connectivity index (χ3v) is 3.50. The fourth-order valence-electron chi connectivity index (χ4n) is 2.47. The lowest BCUT2D eigenvalue weighted by Crippen LogP contribution is -2.21. The van der Waals surface area contributed by atoms with E-state index in [-0.39, 0.29) is 11.7 Å². The van der Waals surface area contributed by atoms with Crippen LogP contribution in [0.4, 0.5) is 4.39 Å². The second-order valence-electron chi connectivity index (χ2n) is 4.80. The van der Waals surface area contributed by atoms with E-state index < -0.39 is 5.97 Å². The Morgan fingerprint density at radius 1 is 1.47 bits per heavy atom. The van der Waals surface area contributed by atoms with Crippen LogP contribution in [0.5, 0.6) is 0 Å². The van der Waals surface area contributed by atoms with Crippen molar-refractivity contribution < 1.29 is 14.3 Å². The lowest BCUT2D eigenvalue weighted by atomic mass is 9.88. The standard InChI is InChI=1S/C14H13FN2O2/c15-11-2-1-3-12(7-11)17-8-10-6-9(14(18)19)4-5-13(10)16-17/h1-3,7-9H,4-6H2,(H,18,19). The highest BCUT2D eigenvalue weighted by atomic mass is 19.1. The second-order valence-corrected chi connectivity index (χ2v) is 4.80. The molecule has 0 amide bonds. The van der Waals surface area contributed by atoms with Gasteiger partial charge in [0.2, 0.25) is 0 Å². The van der Waals surface area contributed by atoms with Crippen molar-refractivity contribution in [3.63, 3.8) is 0 Å². The first-order valence-corrected chi connectivity index (χ1v) is 6.19. The lowest BCUT2D eigenvalue weighted by Gasteiger charge is -2.16. The molecule has 0 radical (unpaired) electrons. The molecule has 0 saturated carbocycles. The van der Waals surface area contributed by atoms with Crippen molar-refractivity contribution in [2.24, 2.45) is 5.92 Å². The van der Waals surface area contributed by atoms with Crippen molar-refractivity contribution in [3.8, 4) is 5.69 Å². The summed E-state index contributed by atoms with van der Waals surface area (Å²) in [6.45, 7) is 0. The Morgan fingerprint density at radius 2 is 2.32 bits per heavy atom. The highest BCUT2D eigenvalue weighted by Crippen LogP contribution is 2.25. The van der Waals surface area contributed by atoms with Gasteiger partial charge in [0.05, 0.1) is 17.3 Å². The van der Waals surface area contributed by atoms with E-state index in [1.807, 2.05) is 0 Å². The summed E-state index contributed by atoms with van der Waals surface area (Å²) in [5.41, 5.74) is 2.52. The van der Waals surface area contributed by atoms with E-state index >= 15 is 0 Å². The smallest absolute Gasteiger partial charge is 0.306 e. The van der Waals surface area contributed by atoms with Gasteiger partial charge in [-0.3, -0.25) is 4.79 Å². The molecule has 5 heteroatoms. The number of hydrogen-bond acceptors (Lipinski definition) is 2. The van der Waals surface area contributed by atoms with E-state index in [9.17, 15) is 9.18 Å². The van der Waals surface area contributed by atoms with Crippen LogP contribution >= 0.6 is 0 Å². The van der Waals surface area contributed by atoms with Crippen molar-refractivity contribution in [1.82, 2.24) is 9.78 Å². The second kappa shape index (κ2) is 4.50. The van der Waals surface area contributed by atoms with Crippen molar-refractivity contribution in [3.05, 3.63) is 47.5 Å². The van der Waals surface area contributed by atoms with Crippen LogP contribution in [0.1, 0.15) is 17.7 Å². The molecule has 1 heterocycles. The molecule has 1 N–H and O–H groups in total. The number of carboxylic acids is 1. The minimum absolute atomic E-state index is 0.311. The van der Waals surface area contributed by atoms with Crippen LogP contribution in [-0.2, 0) is 17.6 Å². The molecule has 0 bridgehead atoms. The molecule has 98 valence electrons. The SMILES string of the molecule is O=C(O)C1CCc2nn(-c3cccc(F)c3)cc2C1. The molecular formula is C14H13FN2O2. The topological polar surface area (TPSA) is 55.1 Å². The number of benzene rings is 1. The minimum Gasteiger partial charge on any atom is -0.481 e. The predicted octanol–water partition coefficient (Wildman–Crippen LogP) is 2.20. The van der Waals surface area contributed by atoms with E-state index in [4.69, 9.17) is 5.11 Å². The number of halogens is 1. The monoisotopic (exact) mass is 260 g/mol. The molecule has 0 aliphatic heterocycles. The number of rotatable bonds is 2. The summed E-state index contributed by atoms with van der Waals surface area (Å²) in [6, 6.07) is 6.20. The van der Waals surface area contributed by atoms with Crippen LogP contribution in [0.3, 0.4) is 0 Å². The number of carbonyl (C=O) groups is 1. The number of aryl methyl sites for hydroxylation is 1. The van der Waals surface area contributed by atoms with Gasteiger partial charge in [-0.1, -0.05) is 6.07 Å². The van der Waals surface area contributed by atoms with Gasteiger partial charge in [0, 0.05) is 6.20 Å². The van der Waals surface area contributed by atoms with Crippen LogP contribution in [0, 0.1) is 11.7 Å². The Morgan fingerprint density at radius 3 is 3.05 bits per heavy atom. The van der Waals surface area contributed by atoms with Gasteiger partial charge < -0.3 is 5.11 Å².